The molecule has 0 amide bonds. The van der Waals surface area contributed by atoms with E-state index < -0.39 is 12.0 Å². The van der Waals surface area contributed by atoms with Crippen LogP contribution in [0.25, 0.3) is 0 Å². The van der Waals surface area contributed by atoms with Gasteiger partial charge in [0.15, 0.2) is 6.23 Å². The highest BCUT2D eigenvalue weighted by Gasteiger charge is 2.38. The molecule has 0 fully saturated rings. The van der Waals surface area contributed by atoms with Gasteiger partial charge in [0.1, 0.15) is 0 Å². The molecule has 0 spiro atoms. The van der Waals surface area contributed by atoms with Crippen molar-refractivity contribution in [3.05, 3.63) is 0 Å². The Balaban J connectivity index is 0. The van der Waals surface area contributed by atoms with Gasteiger partial charge in [0, 0.05) is 18.8 Å². The third kappa shape index (κ3) is 31.0. The van der Waals surface area contributed by atoms with Crippen LogP contribution >= 0.6 is 0 Å². The van der Waals surface area contributed by atoms with Crippen molar-refractivity contribution in [2.75, 3.05) is 0 Å². The fourth-order valence-corrected chi connectivity index (χ4v) is 6.88. The Morgan fingerprint density at radius 1 is 0.477 bits per heavy atom. The van der Waals surface area contributed by atoms with Crippen molar-refractivity contribution in [1.82, 2.24) is 0 Å². The van der Waals surface area contributed by atoms with Gasteiger partial charge in [-0.3, -0.25) is 5.32 Å². The van der Waals surface area contributed by atoms with E-state index in [0.717, 1.165) is 25.7 Å². The molecule has 44 heavy (non-hydrogen) atoms. The first-order valence-electron chi connectivity index (χ1n) is 20.1. The molecule has 0 aromatic carbocycles. The molecule has 0 aromatic heterocycles. The van der Waals surface area contributed by atoms with Gasteiger partial charge in [-0.1, -0.05) is 208 Å². The van der Waals surface area contributed by atoms with E-state index in [9.17, 15) is 10.2 Å². The first kappa shape index (κ1) is 46.5. The predicted octanol–water partition coefficient (Wildman–Crippen LogP) is 8.99. The van der Waals surface area contributed by atoms with Gasteiger partial charge >= 0.3 is 0 Å². The Hall–Kier alpha value is 0.360. The van der Waals surface area contributed by atoms with E-state index in [1.165, 1.54) is 173 Å². The minimum Gasteiger partial charge on any atom is -1.00 e. The van der Waals surface area contributed by atoms with Gasteiger partial charge in [0.05, 0.1) is 0 Å². The van der Waals surface area contributed by atoms with E-state index in [4.69, 9.17) is 0 Å². The van der Waals surface area contributed by atoms with Crippen LogP contribution in [-0.4, -0.2) is 22.2 Å². The summed E-state index contributed by atoms with van der Waals surface area (Å²) in [5.74, 6) is 0.659. The van der Waals surface area contributed by atoms with Crippen LogP contribution in [0.1, 0.15) is 234 Å². The third-order valence-electron chi connectivity index (χ3n) is 9.97. The second kappa shape index (κ2) is 34.7. The molecule has 4 heteroatoms. The van der Waals surface area contributed by atoms with Crippen LogP contribution in [0.4, 0.5) is 0 Å². The molecule has 3 nitrogen and oxygen atoms in total. The highest BCUT2D eigenvalue weighted by molar-refractivity contribution is 4.73. The Kier molecular flexibility index (Phi) is 36.6. The Morgan fingerprint density at radius 3 is 1.09 bits per heavy atom. The lowest BCUT2D eigenvalue weighted by Crippen LogP contribution is -3.02. The molecule has 3 atom stereocenters. The van der Waals surface area contributed by atoms with Crippen LogP contribution in [-0.2, 0) is 0 Å². The zero-order chi connectivity index (χ0) is 31.9. The molecular weight excluding hydrogens is 606 g/mol. The summed E-state index contributed by atoms with van der Waals surface area (Å²) >= 11 is 0. The van der Waals surface area contributed by atoms with Crippen molar-refractivity contribution >= 4 is 0 Å². The van der Waals surface area contributed by atoms with Gasteiger partial charge in [-0.05, 0) is 18.8 Å². The highest BCUT2D eigenvalue weighted by atomic mass is 79.9. The lowest BCUT2D eigenvalue weighted by Gasteiger charge is -2.34. The van der Waals surface area contributed by atoms with Gasteiger partial charge in [-0.15, -0.1) is 0 Å². The number of quaternary nitrogens is 1. The van der Waals surface area contributed by atoms with Crippen LogP contribution < -0.4 is 22.3 Å². The maximum absolute atomic E-state index is 11.7. The van der Waals surface area contributed by atoms with E-state index in [1.54, 1.807) is 0 Å². The lowest BCUT2D eigenvalue weighted by molar-refractivity contribution is -0.827. The van der Waals surface area contributed by atoms with Gasteiger partial charge in [0.2, 0.25) is 5.72 Å². The number of hydrogen-bond acceptors (Lipinski definition) is 2. The van der Waals surface area contributed by atoms with Gasteiger partial charge < -0.3 is 27.2 Å². The molecule has 0 aliphatic carbocycles. The second-order valence-corrected chi connectivity index (χ2v) is 15.0. The first-order valence-corrected chi connectivity index (χ1v) is 20.1. The molecule has 0 saturated carbocycles. The van der Waals surface area contributed by atoms with Crippen LogP contribution in [0, 0.1) is 11.8 Å². The van der Waals surface area contributed by atoms with Crippen LogP contribution in [0.2, 0.25) is 0 Å². The lowest BCUT2D eigenvalue weighted by atomic mass is 9.86. The molecule has 0 aromatic rings. The number of nitrogens with two attached hydrogens (primary N) is 1. The minimum atomic E-state index is -0.831. The SMILES string of the molecule is CCCCCCCCCCCCCCCCC(C)C(O)(CCCCCCCCCCCCCCCC)[NH2+]C(O)CC(C)C.[Br-]. The third-order valence-corrected chi connectivity index (χ3v) is 9.97. The van der Waals surface area contributed by atoms with Crippen LogP contribution in [0.5, 0.6) is 0 Å². The van der Waals surface area contributed by atoms with E-state index in [2.05, 4.69) is 34.6 Å². The summed E-state index contributed by atoms with van der Waals surface area (Å²) in [6, 6.07) is 0. The van der Waals surface area contributed by atoms with Crippen molar-refractivity contribution in [3.63, 3.8) is 0 Å². The number of hydrogen-bond donors (Lipinski definition) is 3. The fraction of sp³-hybridized carbons (Fsp3) is 1.00. The van der Waals surface area contributed by atoms with Crippen molar-refractivity contribution in [1.29, 1.82) is 0 Å². The van der Waals surface area contributed by atoms with Gasteiger partial charge in [-0.2, -0.15) is 0 Å². The Morgan fingerprint density at radius 2 is 0.773 bits per heavy atom. The molecule has 0 saturated heterocycles. The summed E-state index contributed by atoms with van der Waals surface area (Å²) in [6.45, 7) is 11.1. The second-order valence-electron chi connectivity index (χ2n) is 15.0. The van der Waals surface area contributed by atoms with Gasteiger partial charge in [-0.25, -0.2) is 0 Å². The van der Waals surface area contributed by atoms with E-state index in [-0.39, 0.29) is 22.9 Å². The molecule has 0 radical (unpaired) electrons. The van der Waals surface area contributed by atoms with E-state index in [1.807, 2.05) is 5.32 Å². The maximum Gasteiger partial charge on any atom is 0.202 e. The average Bonchev–Trinajstić information content (AvgIpc) is 2.96. The average molecular weight is 691 g/mol. The predicted molar refractivity (Wildman–Crippen MR) is 191 cm³/mol. The van der Waals surface area contributed by atoms with Crippen LogP contribution in [0.3, 0.4) is 0 Å². The smallest absolute Gasteiger partial charge is 0.202 e. The molecule has 0 heterocycles. The number of unbranched alkanes of at least 4 members (excludes halogenated alkanes) is 26. The van der Waals surface area contributed by atoms with E-state index in [0.29, 0.717) is 5.92 Å². The monoisotopic (exact) mass is 690 g/mol. The number of halogens is 1. The van der Waals surface area contributed by atoms with Gasteiger partial charge in [0.25, 0.3) is 0 Å². The molecule has 268 valence electrons. The summed E-state index contributed by atoms with van der Waals surface area (Å²) in [4.78, 5) is 0. The molecule has 0 aliphatic heterocycles. The summed E-state index contributed by atoms with van der Waals surface area (Å²) in [7, 11) is 0. The molecule has 4 N–H and O–H groups in total. The van der Waals surface area contributed by atoms with Crippen molar-refractivity contribution in [2.24, 2.45) is 11.8 Å². The zero-order valence-electron chi connectivity index (χ0n) is 31.0. The van der Waals surface area contributed by atoms with Crippen LogP contribution in [0.15, 0.2) is 0 Å². The molecular formula is C40H84BrNO2. The quantitative estimate of drug-likeness (QED) is 0.0460. The van der Waals surface area contributed by atoms with Crippen molar-refractivity contribution in [3.8, 4) is 0 Å². The molecule has 0 bridgehead atoms. The molecule has 0 aliphatic rings. The normalized spacial score (nSPS) is 14.5. The topological polar surface area (TPSA) is 57.1 Å². The van der Waals surface area contributed by atoms with Crippen molar-refractivity contribution < 1.29 is 32.5 Å². The maximum atomic E-state index is 11.7. The largest absolute Gasteiger partial charge is 1.00 e. The van der Waals surface area contributed by atoms with E-state index >= 15 is 0 Å². The summed E-state index contributed by atoms with van der Waals surface area (Å²) in [5, 5.41) is 24.4. The summed E-state index contributed by atoms with van der Waals surface area (Å²) in [5.41, 5.74) is -0.831. The Labute approximate surface area is 289 Å². The van der Waals surface area contributed by atoms with Crippen molar-refractivity contribution in [2.45, 2.75) is 246 Å². The number of aliphatic hydroxyl groups excluding tert-OH is 1. The Bertz CT molecular complexity index is 545. The minimum absolute atomic E-state index is 0. The number of rotatable bonds is 35. The fourth-order valence-electron chi connectivity index (χ4n) is 6.88. The highest BCUT2D eigenvalue weighted by Crippen LogP contribution is 2.25. The molecule has 3 unspecified atom stereocenters. The first-order chi connectivity index (χ1) is 20.9. The standard InChI is InChI=1S/C40H83NO2.BrH/c1-6-8-10-12-14-16-18-20-22-24-26-28-30-32-34-38(5)40(43,41-39(42)36-37(3)4)35-33-31-29-27-25-23-21-19-17-15-13-11-9-7-2;/h37-39,41-43H,6-36H2,1-5H3;1H. The summed E-state index contributed by atoms with van der Waals surface area (Å²) < 4.78 is 0. The summed E-state index contributed by atoms with van der Waals surface area (Å²) in [6.07, 6.45) is 40.4. The molecule has 0 rings (SSSR count). The number of aliphatic hydroxyl groups is 2. The zero-order valence-corrected chi connectivity index (χ0v) is 32.6.